The fourth-order valence-electron chi connectivity index (χ4n) is 2.75. The van der Waals surface area contributed by atoms with Crippen LogP contribution in [0.15, 0.2) is 47.4 Å². The average Bonchev–Trinajstić information content (AvgIpc) is 2.68. The molecule has 0 aromatic heterocycles. The number of carbonyl (C=O) groups excluding carboxylic acids is 1. The number of nitrogens with two attached hydrogens (primary N) is 1. The molecule has 1 amide bonds. The number of ether oxygens (including phenoxy) is 2. The Morgan fingerprint density at radius 1 is 1.16 bits per heavy atom. The van der Waals surface area contributed by atoms with Crippen LogP contribution in [0.25, 0.3) is 0 Å². The zero-order valence-corrected chi connectivity index (χ0v) is 18.0. The molecule has 0 saturated carbocycles. The van der Waals surface area contributed by atoms with Crippen LogP contribution in [0.3, 0.4) is 0 Å². The SMILES string of the molecule is CCOc1cc(CN(C)CCC(=O)Nc2ccc(S(N)(=O)=O)cc2)ccc1OC(F)F. The molecule has 0 unspecified atom stereocenters. The second-order valence-corrected chi connectivity index (χ2v) is 8.26. The Morgan fingerprint density at radius 3 is 2.42 bits per heavy atom. The minimum Gasteiger partial charge on any atom is -0.490 e. The highest BCUT2D eigenvalue weighted by molar-refractivity contribution is 7.89. The number of primary sulfonamides is 1. The van der Waals surface area contributed by atoms with Crippen molar-refractivity contribution in [2.45, 2.75) is 31.4 Å². The molecular weight excluding hydrogens is 432 g/mol. The van der Waals surface area contributed by atoms with Crippen molar-refractivity contribution in [3.8, 4) is 11.5 Å². The quantitative estimate of drug-likeness (QED) is 0.537. The van der Waals surface area contributed by atoms with E-state index in [4.69, 9.17) is 9.88 Å². The zero-order chi connectivity index (χ0) is 23.0. The Balaban J connectivity index is 1.88. The maximum Gasteiger partial charge on any atom is 0.387 e. The highest BCUT2D eigenvalue weighted by Gasteiger charge is 2.13. The van der Waals surface area contributed by atoms with Crippen LogP contribution in [0.1, 0.15) is 18.9 Å². The van der Waals surface area contributed by atoms with Crippen LogP contribution >= 0.6 is 0 Å². The first-order valence-corrected chi connectivity index (χ1v) is 10.9. The third-order valence-corrected chi connectivity index (χ3v) is 5.09. The highest BCUT2D eigenvalue weighted by atomic mass is 32.2. The Morgan fingerprint density at radius 2 is 1.84 bits per heavy atom. The smallest absolute Gasteiger partial charge is 0.387 e. The number of nitrogens with one attached hydrogen (secondary N) is 1. The molecular formula is C20H25F2N3O5S. The number of nitrogens with zero attached hydrogens (tertiary/aromatic N) is 1. The molecule has 8 nitrogen and oxygen atoms in total. The van der Waals surface area contributed by atoms with Crippen LogP contribution in [0.5, 0.6) is 11.5 Å². The molecule has 3 N–H and O–H groups in total. The van der Waals surface area contributed by atoms with Gasteiger partial charge in [-0.2, -0.15) is 8.78 Å². The summed E-state index contributed by atoms with van der Waals surface area (Å²) in [5.74, 6) is -0.0450. The van der Waals surface area contributed by atoms with E-state index in [1.54, 1.807) is 19.1 Å². The number of rotatable bonds is 11. The molecule has 0 aliphatic heterocycles. The lowest BCUT2D eigenvalue weighted by Gasteiger charge is -2.18. The predicted molar refractivity (Wildman–Crippen MR) is 112 cm³/mol. The van der Waals surface area contributed by atoms with E-state index in [1.807, 2.05) is 11.9 Å². The molecule has 2 rings (SSSR count). The Bertz CT molecular complexity index is 985. The van der Waals surface area contributed by atoms with E-state index in [0.717, 1.165) is 5.56 Å². The van der Waals surface area contributed by atoms with Gasteiger partial charge in [-0.15, -0.1) is 0 Å². The molecule has 0 fully saturated rings. The predicted octanol–water partition coefficient (Wildman–Crippen LogP) is 2.79. The summed E-state index contributed by atoms with van der Waals surface area (Å²) >= 11 is 0. The van der Waals surface area contributed by atoms with Crippen molar-refractivity contribution in [2.75, 3.05) is 25.5 Å². The van der Waals surface area contributed by atoms with Crippen LogP contribution in [0.4, 0.5) is 14.5 Å². The molecule has 2 aromatic rings. The van der Waals surface area contributed by atoms with E-state index in [9.17, 15) is 22.0 Å². The molecule has 0 heterocycles. The molecule has 0 aliphatic carbocycles. The minimum absolute atomic E-state index is 0.0314. The molecule has 11 heteroatoms. The second-order valence-electron chi connectivity index (χ2n) is 6.70. The van der Waals surface area contributed by atoms with Crippen LogP contribution < -0.4 is 19.9 Å². The third kappa shape index (κ3) is 8.12. The molecule has 0 spiro atoms. The number of hydrogen-bond acceptors (Lipinski definition) is 6. The van der Waals surface area contributed by atoms with Crippen molar-refractivity contribution < 1.29 is 31.5 Å². The minimum atomic E-state index is -3.79. The summed E-state index contributed by atoms with van der Waals surface area (Å²) in [5, 5.41) is 7.72. The summed E-state index contributed by atoms with van der Waals surface area (Å²) in [5.41, 5.74) is 1.27. The van der Waals surface area contributed by atoms with E-state index in [0.29, 0.717) is 25.4 Å². The van der Waals surface area contributed by atoms with E-state index >= 15 is 0 Å². The van der Waals surface area contributed by atoms with Crippen LogP contribution in [-0.4, -0.2) is 46.0 Å². The third-order valence-electron chi connectivity index (χ3n) is 4.16. The summed E-state index contributed by atoms with van der Waals surface area (Å²) in [4.78, 5) is 14.0. The van der Waals surface area contributed by atoms with Gasteiger partial charge >= 0.3 is 6.61 Å². The zero-order valence-electron chi connectivity index (χ0n) is 17.2. The van der Waals surface area contributed by atoms with E-state index in [1.165, 1.54) is 30.3 Å². The maximum atomic E-state index is 12.5. The number of anilines is 1. The molecule has 0 bridgehead atoms. The second kappa shape index (κ2) is 11.0. The number of alkyl halides is 2. The fraction of sp³-hybridized carbons (Fsp3) is 0.350. The summed E-state index contributed by atoms with van der Waals surface area (Å²) < 4.78 is 57.3. The molecule has 0 aliphatic rings. The standard InChI is InChI=1S/C20H25F2N3O5S/c1-3-29-18-12-14(4-9-17(18)30-20(21)22)13-25(2)11-10-19(26)24-15-5-7-16(8-6-15)31(23,27)28/h4-9,12,20H,3,10-11,13H2,1-2H3,(H,24,26)(H2,23,27,28). The molecule has 170 valence electrons. The summed E-state index contributed by atoms with van der Waals surface area (Å²) in [6.07, 6.45) is 0.193. The first-order chi connectivity index (χ1) is 14.6. The lowest BCUT2D eigenvalue weighted by Crippen LogP contribution is -2.24. The van der Waals surface area contributed by atoms with Gasteiger partial charge in [0.25, 0.3) is 0 Å². The number of halogens is 2. The summed E-state index contributed by atoms with van der Waals surface area (Å²) in [6, 6.07) is 10.3. The Kier molecular flexibility index (Phi) is 8.72. The van der Waals surface area contributed by atoms with Gasteiger partial charge in [0.05, 0.1) is 11.5 Å². The number of amides is 1. The molecule has 2 aromatic carbocycles. The summed E-state index contributed by atoms with van der Waals surface area (Å²) in [6.45, 7) is -0.00294. The van der Waals surface area contributed by atoms with Gasteiger partial charge in [0.15, 0.2) is 11.5 Å². The van der Waals surface area contributed by atoms with E-state index in [-0.39, 0.29) is 28.7 Å². The number of benzene rings is 2. The largest absolute Gasteiger partial charge is 0.490 e. The molecule has 31 heavy (non-hydrogen) atoms. The van der Waals surface area contributed by atoms with Crippen LogP contribution in [0, 0.1) is 0 Å². The van der Waals surface area contributed by atoms with Gasteiger partial charge in [-0.3, -0.25) is 4.79 Å². The lowest BCUT2D eigenvalue weighted by molar-refractivity contribution is -0.116. The first kappa shape index (κ1) is 24.5. The van der Waals surface area contributed by atoms with E-state index in [2.05, 4.69) is 10.1 Å². The topological polar surface area (TPSA) is 111 Å². The highest BCUT2D eigenvalue weighted by Crippen LogP contribution is 2.30. The van der Waals surface area contributed by atoms with Gasteiger partial charge in [0.2, 0.25) is 15.9 Å². The van der Waals surface area contributed by atoms with Crippen molar-refractivity contribution in [2.24, 2.45) is 5.14 Å². The molecule has 0 saturated heterocycles. The normalized spacial score (nSPS) is 11.6. The van der Waals surface area contributed by atoms with Gasteiger partial charge < -0.3 is 19.7 Å². The van der Waals surface area contributed by atoms with Crippen LogP contribution in [-0.2, 0) is 21.4 Å². The Hall–Kier alpha value is -2.76. The summed E-state index contributed by atoms with van der Waals surface area (Å²) in [7, 11) is -1.97. The lowest BCUT2D eigenvalue weighted by atomic mass is 10.2. The van der Waals surface area contributed by atoms with Gasteiger partial charge in [0.1, 0.15) is 0 Å². The van der Waals surface area contributed by atoms with Gasteiger partial charge in [-0.05, 0) is 55.9 Å². The van der Waals surface area contributed by atoms with Gasteiger partial charge in [0, 0.05) is 25.2 Å². The van der Waals surface area contributed by atoms with Crippen molar-refractivity contribution in [3.63, 3.8) is 0 Å². The number of sulfonamides is 1. The first-order valence-electron chi connectivity index (χ1n) is 9.40. The number of carbonyl (C=O) groups is 1. The monoisotopic (exact) mass is 457 g/mol. The van der Waals surface area contributed by atoms with Crippen molar-refractivity contribution >= 4 is 21.6 Å². The Labute approximate surface area is 180 Å². The van der Waals surface area contributed by atoms with Crippen molar-refractivity contribution in [1.82, 2.24) is 4.90 Å². The van der Waals surface area contributed by atoms with Crippen molar-refractivity contribution in [3.05, 3.63) is 48.0 Å². The van der Waals surface area contributed by atoms with Gasteiger partial charge in [-0.1, -0.05) is 6.07 Å². The number of hydrogen-bond donors (Lipinski definition) is 2. The van der Waals surface area contributed by atoms with Gasteiger partial charge in [-0.25, -0.2) is 13.6 Å². The fourth-order valence-corrected chi connectivity index (χ4v) is 3.26. The maximum absolute atomic E-state index is 12.5. The average molecular weight is 457 g/mol. The molecule has 0 radical (unpaired) electrons. The van der Waals surface area contributed by atoms with Crippen LogP contribution in [0.2, 0.25) is 0 Å². The van der Waals surface area contributed by atoms with Crippen molar-refractivity contribution in [1.29, 1.82) is 0 Å². The van der Waals surface area contributed by atoms with E-state index < -0.39 is 16.6 Å². The molecule has 0 atom stereocenters.